The molecule has 3 rings (SSSR count). The molecule has 3 aromatic rings. The Morgan fingerprint density at radius 1 is 1.13 bits per heavy atom. The number of ether oxygens (including phenoxy) is 1. The molecule has 0 aliphatic heterocycles. The van der Waals surface area contributed by atoms with E-state index in [2.05, 4.69) is 32.3 Å². The molecular weight excluding hydrogens is 421 g/mol. The maximum absolute atomic E-state index is 12.6. The molecule has 1 heterocycles. The van der Waals surface area contributed by atoms with Gasteiger partial charge in [0, 0.05) is 11.4 Å². The van der Waals surface area contributed by atoms with E-state index in [0.717, 1.165) is 5.30 Å². The van der Waals surface area contributed by atoms with Crippen LogP contribution in [0, 0.1) is 0 Å². The Hall–Kier alpha value is -2.89. The maximum atomic E-state index is 12.6. The van der Waals surface area contributed by atoms with Crippen molar-refractivity contribution in [3.8, 4) is 5.75 Å². The van der Waals surface area contributed by atoms with Crippen molar-refractivity contribution in [2.75, 3.05) is 31.1 Å². The normalized spacial score (nSPS) is 10.7. The molecule has 0 spiro atoms. The summed E-state index contributed by atoms with van der Waals surface area (Å²) >= 11 is 6.29. The topological polar surface area (TPSA) is 88.5 Å². The molecule has 0 saturated heterocycles. The predicted molar refractivity (Wildman–Crippen MR) is 128 cm³/mol. The molecular formula is C21H25ClN5O2P. The van der Waals surface area contributed by atoms with E-state index in [0.29, 0.717) is 39.6 Å². The van der Waals surface area contributed by atoms with Crippen molar-refractivity contribution in [1.82, 2.24) is 9.97 Å². The van der Waals surface area contributed by atoms with Crippen LogP contribution in [-0.2, 0) is 4.57 Å². The third kappa shape index (κ3) is 5.38. The van der Waals surface area contributed by atoms with Crippen LogP contribution in [0.5, 0.6) is 5.75 Å². The summed E-state index contributed by atoms with van der Waals surface area (Å²) in [6.07, 6.45) is 1.49. The van der Waals surface area contributed by atoms with Crippen molar-refractivity contribution in [3.05, 3.63) is 53.7 Å². The number of aromatic nitrogens is 2. The third-order valence-electron chi connectivity index (χ3n) is 4.10. The fourth-order valence-corrected chi connectivity index (χ4v) is 3.99. The van der Waals surface area contributed by atoms with E-state index >= 15 is 0 Å². The Morgan fingerprint density at radius 2 is 1.87 bits per heavy atom. The van der Waals surface area contributed by atoms with Gasteiger partial charge in [0.1, 0.15) is 17.9 Å². The van der Waals surface area contributed by atoms with Gasteiger partial charge in [-0.25, -0.2) is 4.98 Å². The van der Waals surface area contributed by atoms with Gasteiger partial charge in [-0.2, -0.15) is 4.98 Å². The van der Waals surface area contributed by atoms with Gasteiger partial charge in [-0.3, -0.25) is 4.99 Å². The number of halogens is 1. The summed E-state index contributed by atoms with van der Waals surface area (Å²) in [7, 11) is -0.925. The fraction of sp³-hybridized carbons (Fsp3) is 0.190. The Labute approximate surface area is 182 Å². The van der Waals surface area contributed by atoms with Crippen molar-refractivity contribution in [2.24, 2.45) is 4.99 Å². The summed E-state index contributed by atoms with van der Waals surface area (Å²) in [4.78, 5) is 12.6. The van der Waals surface area contributed by atoms with Crippen LogP contribution in [0.15, 0.2) is 53.7 Å². The Morgan fingerprint density at radius 3 is 2.53 bits per heavy atom. The molecule has 9 heteroatoms. The Kier molecular flexibility index (Phi) is 7.59. The van der Waals surface area contributed by atoms with E-state index in [1.807, 2.05) is 24.3 Å². The second kappa shape index (κ2) is 9.74. The van der Waals surface area contributed by atoms with Crippen molar-refractivity contribution in [1.29, 1.82) is 0 Å². The van der Waals surface area contributed by atoms with Crippen molar-refractivity contribution in [2.45, 2.75) is 7.43 Å². The van der Waals surface area contributed by atoms with Gasteiger partial charge in [-0.1, -0.05) is 31.2 Å². The van der Waals surface area contributed by atoms with Gasteiger partial charge >= 0.3 is 0 Å². The molecule has 30 heavy (non-hydrogen) atoms. The summed E-state index contributed by atoms with van der Waals surface area (Å²) < 4.78 is 18.0. The number of rotatable bonds is 7. The fourth-order valence-electron chi connectivity index (χ4n) is 2.69. The number of aliphatic imine (C=N–C) groups is 1. The van der Waals surface area contributed by atoms with Crippen LogP contribution in [-0.4, -0.2) is 37.1 Å². The number of hydrogen-bond acceptors (Lipinski definition) is 7. The summed E-state index contributed by atoms with van der Waals surface area (Å²) in [5.41, 5.74) is 2.04. The lowest BCUT2D eigenvalue weighted by Gasteiger charge is -2.16. The summed E-state index contributed by atoms with van der Waals surface area (Å²) in [6.45, 7) is 6.95. The first kappa shape index (κ1) is 23.4. The molecule has 2 N–H and O–H groups in total. The van der Waals surface area contributed by atoms with Crippen LogP contribution < -0.4 is 20.7 Å². The number of benzene rings is 2. The highest BCUT2D eigenvalue weighted by molar-refractivity contribution is 7.70. The third-order valence-corrected chi connectivity index (χ3v) is 5.92. The number of nitrogens with one attached hydrogen (secondary N) is 2. The van der Waals surface area contributed by atoms with Crippen LogP contribution in [0.3, 0.4) is 0 Å². The molecule has 0 aliphatic rings. The monoisotopic (exact) mass is 445 g/mol. The lowest BCUT2D eigenvalue weighted by Crippen LogP contribution is -2.11. The molecule has 0 unspecified atom stereocenters. The standard InChI is InChI=1S/C20H21ClN5O2P.CH4/c1-22-13-9-10-15(17(11-13)28-2)25-20-23-12-14(21)19(26-20)24-16-7-5-6-8-18(16)29(3,4)27;/h5-12H,1H2,2-4H3,(H2,23,24,25,26);1H4. The number of para-hydroxylation sites is 1. The van der Waals surface area contributed by atoms with Crippen molar-refractivity contribution < 1.29 is 9.30 Å². The van der Waals surface area contributed by atoms with Crippen molar-refractivity contribution in [3.63, 3.8) is 0 Å². The molecule has 0 bridgehead atoms. The predicted octanol–water partition coefficient (Wildman–Crippen LogP) is 5.84. The lowest BCUT2D eigenvalue weighted by atomic mass is 10.2. The number of anilines is 4. The highest BCUT2D eigenvalue weighted by Crippen LogP contribution is 2.39. The molecule has 0 atom stereocenters. The molecule has 158 valence electrons. The number of methoxy groups -OCH3 is 1. The van der Waals surface area contributed by atoms with Gasteiger partial charge in [0.2, 0.25) is 5.95 Å². The van der Waals surface area contributed by atoms with Crippen LogP contribution in [0.2, 0.25) is 5.02 Å². The molecule has 0 saturated carbocycles. The van der Waals surface area contributed by atoms with Gasteiger partial charge in [-0.15, -0.1) is 0 Å². The highest BCUT2D eigenvalue weighted by atomic mass is 35.5. The van der Waals surface area contributed by atoms with E-state index in [4.69, 9.17) is 16.3 Å². The minimum Gasteiger partial charge on any atom is -0.494 e. The first-order chi connectivity index (χ1) is 13.8. The zero-order valence-corrected chi connectivity index (χ0v) is 18.0. The van der Waals surface area contributed by atoms with E-state index in [9.17, 15) is 4.57 Å². The zero-order valence-electron chi connectivity index (χ0n) is 16.3. The smallest absolute Gasteiger partial charge is 0.229 e. The van der Waals surface area contributed by atoms with E-state index < -0.39 is 7.14 Å². The SMILES string of the molecule is C.C=Nc1ccc(Nc2ncc(Cl)c(Nc3ccccc3P(C)(C)=O)n2)c(OC)c1. The van der Waals surface area contributed by atoms with Crippen molar-refractivity contribution >= 4 is 59.6 Å². The van der Waals surface area contributed by atoms with E-state index in [-0.39, 0.29) is 7.43 Å². The second-order valence-electron chi connectivity index (χ2n) is 6.55. The molecule has 1 aromatic heterocycles. The summed E-state index contributed by atoms with van der Waals surface area (Å²) in [5, 5.41) is 7.34. The lowest BCUT2D eigenvalue weighted by molar-refractivity contribution is 0.417. The largest absolute Gasteiger partial charge is 0.494 e. The molecule has 7 nitrogen and oxygen atoms in total. The summed E-state index contributed by atoms with van der Waals surface area (Å²) in [5.74, 6) is 1.29. The van der Waals surface area contributed by atoms with Gasteiger partial charge in [0.15, 0.2) is 5.82 Å². The van der Waals surface area contributed by atoms with Crippen LogP contribution in [0.1, 0.15) is 7.43 Å². The average molecular weight is 446 g/mol. The molecule has 2 aromatic carbocycles. The van der Waals surface area contributed by atoms with Gasteiger partial charge < -0.3 is 19.9 Å². The molecule has 0 fully saturated rings. The first-order valence-electron chi connectivity index (χ1n) is 8.67. The van der Waals surface area contributed by atoms with Crippen LogP contribution >= 0.6 is 18.7 Å². The minimum atomic E-state index is -2.49. The molecule has 0 aliphatic carbocycles. The zero-order chi connectivity index (χ0) is 21.0. The quantitative estimate of drug-likeness (QED) is 0.350. The summed E-state index contributed by atoms with van der Waals surface area (Å²) in [6, 6.07) is 12.7. The number of hydrogen-bond donors (Lipinski definition) is 2. The van der Waals surface area contributed by atoms with E-state index in [1.165, 1.54) is 6.20 Å². The Bertz CT molecular complexity index is 1100. The molecule has 0 radical (unpaired) electrons. The average Bonchev–Trinajstić information content (AvgIpc) is 2.70. The second-order valence-corrected chi connectivity index (χ2v) is 10.1. The van der Waals surface area contributed by atoms with Gasteiger partial charge in [0.05, 0.1) is 30.4 Å². The first-order valence-corrected chi connectivity index (χ1v) is 11.7. The minimum absolute atomic E-state index is 0. The number of nitrogens with zero attached hydrogens (tertiary/aromatic N) is 3. The van der Waals surface area contributed by atoms with E-state index in [1.54, 1.807) is 38.6 Å². The van der Waals surface area contributed by atoms with Crippen LogP contribution in [0.4, 0.5) is 28.8 Å². The maximum Gasteiger partial charge on any atom is 0.229 e. The highest BCUT2D eigenvalue weighted by Gasteiger charge is 2.17. The Balaban J connectivity index is 0.00000320. The van der Waals surface area contributed by atoms with Gasteiger partial charge in [0.25, 0.3) is 0 Å². The molecule has 0 amide bonds. The van der Waals surface area contributed by atoms with Gasteiger partial charge in [-0.05, 0) is 44.3 Å². The van der Waals surface area contributed by atoms with Crippen LogP contribution in [0.25, 0.3) is 0 Å².